The molecule has 1 aliphatic heterocycles. The van der Waals surface area contributed by atoms with Crippen molar-refractivity contribution in [2.75, 3.05) is 11.5 Å². The van der Waals surface area contributed by atoms with Gasteiger partial charge in [-0.15, -0.1) is 0 Å². The molecule has 0 saturated carbocycles. The lowest BCUT2D eigenvalue weighted by atomic mass is 10.2. The average Bonchev–Trinajstić information content (AvgIpc) is 2.74. The Kier molecular flexibility index (Phi) is 4.28. The highest BCUT2D eigenvalue weighted by molar-refractivity contribution is 7.99. The fraction of sp³-hybridized carbons (Fsp3) is 0.417. The average molecular weight is 253 g/mol. The summed E-state index contributed by atoms with van der Waals surface area (Å²) >= 11 is 1.63. The zero-order valence-electron chi connectivity index (χ0n) is 9.33. The Bertz CT molecular complexity index is 371. The monoisotopic (exact) mass is 253 g/mol. The van der Waals surface area contributed by atoms with Gasteiger partial charge < -0.3 is 15.2 Å². The minimum Gasteiger partial charge on any atom is -0.445 e. The molecule has 1 aromatic carbocycles. The first kappa shape index (κ1) is 12.3. The van der Waals surface area contributed by atoms with E-state index in [1.165, 1.54) is 0 Å². The zero-order valence-corrected chi connectivity index (χ0v) is 10.2. The van der Waals surface area contributed by atoms with Crippen LogP contribution >= 0.6 is 11.8 Å². The maximum Gasteiger partial charge on any atom is 0.407 e. The number of ether oxygens (including phenoxy) is 1. The van der Waals surface area contributed by atoms with E-state index in [-0.39, 0.29) is 12.6 Å². The minimum atomic E-state index is -0.472. The van der Waals surface area contributed by atoms with Gasteiger partial charge in [0.15, 0.2) is 0 Å². The number of alkyl carbamates (subject to hydrolysis) is 1. The Balaban J connectivity index is 1.74. The molecule has 1 amide bonds. The molecule has 1 heterocycles. The Morgan fingerprint density at radius 2 is 2.18 bits per heavy atom. The van der Waals surface area contributed by atoms with Crippen molar-refractivity contribution in [2.24, 2.45) is 0 Å². The number of amides is 1. The number of nitrogens with one attached hydrogen (secondary N) is 1. The van der Waals surface area contributed by atoms with Gasteiger partial charge in [0.25, 0.3) is 0 Å². The van der Waals surface area contributed by atoms with Crippen molar-refractivity contribution in [3.05, 3.63) is 35.9 Å². The Hall–Kier alpha value is -1.20. The third-order valence-corrected chi connectivity index (χ3v) is 3.74. The van der Waals surface area contributed by atoms with Crippen LogP contribution in [0.1, 0.15) is 5.56 Å². The second-order valence-corrected chi connectivity index (χ2v) is 4.99. The molecule has 2 atom stereocenters. The highest BCUT2D eigenvalue weighted by Gasteiger charge is 2.27. The van der Waals surface area contributed by atoms with Gasteiger partial charge in [-0.05, 0) is 5.56 Å². The van der Waals surface area contributed by atoms with E-state index in [1.807, 2.05) is 30.3 Å². The summed E-state index contributed by atoms with van der Waals surface area (Å²) in [6.45, 7) is 0.253. The van der Waals surface area contributed by atoms with Crippen molar-refractivity contribution in [3.8, 4) is 0 Å². The van der Waals surface area contributed by atoms with E-state index in [0.29, 0.717) is 5.75 Å². The van der Waals surface area contributed by atoms with E-state index in [9.17, 15) is 9.90 Å². The fourth-order valence-electron chi connectivity index (χ4n) is 1.60. The molecular formula is C12H15NO3S. The summed E-state index contributed by atoms with van der Waals surface area (Å²) in [5.41, 5.74) is 0.948. The standard InChI is InChI=1S/C12H15NO3S/c14-11-8-17-7-10(11)13-12(15)16-6-9-4-2-1-3-5-9/h1-5,10-11,14H,6-8H2,(H,13,15)/t10-,11-/m0/s1. The first-order valence-electron chi connectivity index (χ1n) is 5.49. The van der Waals surface area contributed by atoms with Gasteiger partial charge in [0.2, 0.25) is 0 Å². The summed E-state index contributed by atoms with van der Waals surface area (Å²) in [6, 6.07) is 9.31. The number of benzene rings is 1. The van der Waals surface area contributed by atoms with Gasteiger partial charge in [-0.1, -0.05) is 30.3 Å². The molecule has 0 bridgehead atoms. The molecule has 92 valence electrons. The molecule has 0 radical (unpaired) electrons. The van der Waals surface area contributed by atoms with E-state index >= 15 is 0 Å². The van der Waals surface area contributed by atoms with Crippen LogP contribution in [0, 0.1) is 0 Å². The molecule has 1 saturated heterocycles. The van der Waals surface area contributed by atoms with Crippen molar-refractivity contribution in [2.45, 2.75) is 18.8 Å². The Labute approximate surface area is 104 Å². The van der Waals surface area contributed by atoms with Crippen molar-refractivity contribution in [1.82, 2.24) is 5.32 Å². The fourth-order valence-corrected chi connectivity index (χ4v) is 2.77. The van der Waals surface area contributed by atoms with E-state index < -0.39 is 12.2 Å². The molecule has 1 aliphatic rings. The van der Waals surface area contributed by atoms with Crippen molar-refractivity contribution in [1.29, 1.82) is 0 Å². The molecule has 4 nitrogen and oxygen atoms in total. The summed E-state index contributed by atoms with van der Waals surface area (Å²) < 4.78 is 5.07. The topological polar surface area (TPSA) is 58.6 Å². The molecule has 0 spiro atoms. The maximum absolute atomic E-state index is 11.5. The molecular weight excluding hydrogens is 238 g/mol. The number of thioether (sulfide) groups is 1. The normalized spacial score (nSPS) is 23.4. The molecule has 0 unspecified atom stereocenters. The molecule has 1 aromatic rings. The van der Waals surface area contributed by atoms with E-state index in [1.54, 1.807) is 11.8 Å². The summed E-state index contributed by atoms with van der Waals surface area (Å²) in [5.74, 6) is 1.41. The number of rotatable bonds is 3. The van der Waals surface area contributed by atoms with E-state index in [4.69, 9.17) is 4.74 Å². The molecule has 5 heteroatoms. The third-order valence-electron chi connectivity index (χ3n) is 2.57. The Morgan fingerprint density at radius 1 is 1.41 bits per heavy atom. The smallest absolute Gasteiger partial charge is 0.407 e. The SMILES string of the molecule is O=C(N[C@H]1CSC[C@@H]1O)OCc1ccccc1. The third kappa shape index (κ3) is 3.64. The number of carbonyl (C=O) groups is 1. The quantitative estimate of drug-likeness (QED) is 0.854. The predicted octanol–water partition coefficient (Wildman–Crippen LogP) is 1.39. The van der Waals surface area contributed by atoms with Gasteiger partial charge in [-0.3, -0.25) is 0 Å². The molecule has 2 rings (SSSR count). The highest BCUT2D eigenvalue weighted by atomic mass is 32.2. The number of hydrogen-bond donors (Lipinski definition) is 2. The summed E-state index contributed by atoms with van der Waals surface area (Å²) in [7, 11) is 0. The minimum absolute atomic E-state index is 0.191. The van der Waals surface area contributed by atoms with Gasteiger partial charge in [0.05, 0.1) is 12.1 Å². The lowest BCUT2D eigenvalue weighted by molar-refractivity contribution is 0.118. The maximum atomic E-state index is 11.5. The molecule has 17 heavy (non-hydrogen) atoms. The van der Waals surface area contributed by atoms with Crippen LogP contribution in [0.5, 0.6) is 0 Å². The molecule has 0 aromatic heterocycles. The van der Waals surface area contributed by atoms with Gasteiger partial charge in [-0.25, -0.2) is 4.79 Å². The lowest BCUT2D eigenvalue weighted by Gasteiger charge is -2.15. The first-order valence-corrected chi connectivity index (χ1v) is 6.64. The second-order valence-electron chi connectivity index (χ2n) is 3.92. The first-order chi connectivity index (χ1) is 8.25. The number of aliphatic hydroxyl groups excluding tert-OH is 1. The lowest BCUT2D eigenvalue weighted by Crippen LogP contribution is -2.42. The van der Waals surface area contributed by atoms with Crippen LogP contribution in [0.3, 0.4) is 0 Å². The van der Waals surface area contributed by atoms with Crippen molar-refractivity contribution < 1.29 is 14.6 Å². The second kappa shape index (κ2) is 5.93. The molecule has 0 aliphatic carbocycles. The van der Waals surface area contributed by atoms with Crippen LogP contribution in [0.4, 0.5) is 4.79 Å². The van der Waals surface area contributed by atoms with Crippen LogP contribution in [0.25, 0.3) is 0 Å². The van der Waals surface area contributed by atoms with Crippen molar-refractivity contribution >= 4 is 17.9 Å². The molecule has 1 fully saturated rings. The van der Waals surface area contributed by atoms with E-state index in [0.717, 1.165) is 11.3 Å². The predicted molar refractivity (Wildman–Crippen MR) is 66.9 cm³/mol. The number of aliphatic hydroxyl groups is 1. The largest absolute Gasteiger partial charge is 0.445 e. The van der Waals surface area contributed by atoms with Crippen LogP contribution < -0.4 is 5.32 Å². The van der Waals surface area contributed by atoms with Gasteiger partial charge in [-0.2, -0.15) is 11.8 Å². The van der Waals surface area contributed by atoms with Crippen molar-refractivity contribution in [3.63, 3.8) is 0 Å². The van der Waals surface area contributed by atoms with Crippen LogP contribution in [0.2, 0.25) is 0 Å². The summed E-state index contributed by atoms with van der Waals surface area (Å²) in [6.07, 6.45) is -0.940. The van der Waals surface area contributed by atoms with Crippen LogP contribution in [0.15, 0.2) is 30.3 Å². The number of carbonyl (C=O) groups excluding carboxylic acids is 1. The zero-order chi connectivity index (χ0) is 12.1. The number of hydrogen-bond acceptors (Lipinski definition) is 4. The van der Waals surface area contributed by atoms with Gasteiger partial charge in [0.1, 0.15) is 6.61 Å². The van der Waals surface area contributed by atoms with Crippen LogP contribution in [-0.4, -0.2) is 34.9 Å². The van der Waals surface area contributed by atoms with Gasteiger partial charge in [0, 0.05) is 11.5 Å². The Morgan fingerprint density at radius 3 is 2.82 bits per heavy atom. The van der Waals surface area contributed by atoms with Gasteiger partial charge >= 0.3 is 6.09 Å². The molecule has 2 N–H and O–H groups in total. The van der Waals surface area contributed by atoms with E-state index in [2.05, 4.69) is 5.32 Å². The summed E-state index contributed by atoms with van der Waals surface area (Å²) in [5, 5.41) is 12.2. The van der Waals surface area contributed by atoms with Crippen LogP contribution in [-0.2, 0) is 11.3 Å². The summed E-state index contributed by atoms with van der Waals surface area (Å²) in [4.78, 5) is 11.5. The highest BCUT2D eigenvalue weighted by Crippen LogP contribution is 2.18.